The molecule has 2 fully saturated rings. The van der Waals surface area contributed by atoms with E-state index in [4.69, 9.17) is 14.2 Å². The zero-order valence-electron chi connectivity index (χ0n) is 29.1. The fraction of sp³-hybridized carbons (Fsp3) is 0.436. The molecule has 3 aromatic rings. The molecule has 3 aliphatic rings. The van der Waals surface area contributed by atoms with Crippen LogP contribution in [0.5, 0.6) is 5.75 Å². The molecule has 264 valence electrons. The zero-order valence-corrected chi connectivity index (χ0v) is 29.1. The second kappa shape index (κ2) is 14.5. The lowest BCUT2D eigenvalue weighted by Gasteiger charge is -2.41. The molecule has 1 saturated heterocycles. The molecule has 11 nitrogen and oxygen atoms in total. The number of rotatable bonds is 10. The maximum absolute atomic E-state index is 15.0. The van der Waals surface area contributed by atoms with Gasteiger partial charge in [0.1, 0.15) is 11.4 Å². The molecule has 1 saturated carbocycles. The Balaban J connectivity index is 1.36. The number of likely N-dealkylation sites (tertiary alicyclic amines) is 1. The predicted octanol–water partition coefficient (Wildman–Crippen LogP) is 6.35. The highest BCUT2D eigenvalue weighted by Gasteiger charge is 2.44. The van der Waals surface area contributed by atoms with Crippen molar-refractivity contribution in [2.45, 2.75) is 64.0 Å². The van der Waals surface area contributed by atoms with Crippen LogP contribution in [0.15, 0.2) is 66.7 Å². The number of methoxy groups -OCH3 is 1. The molecular formula is C39H45N3O8. The maximum Gasteiger partial charge on any atom is 0.410 e. The van der Waals surface area contributed by atoms with Gasteiger partial charge in [0, 0.05) is 45.1 Å². The molecule has 0 unspecified atom stereocenters. The number of carbonyl (C=O) groups is 4. The Hall–Kier alpha value is -4.90. The van der Waals surface area contributed by atoms with Crippen LogP contribution in [0.3, 0.4) is 0 Å². The van der Waals surface area contributed by atoms with Gasteiger partial charge in [0.15, 0.2) is 6.61 Å². The first kappa shape index (κ1) is 34.9. The monoisotopic (exact) mass is 683 g/mol. The first-order chi connectivity index (χ1) is 23.9. The minimum Gasteiger partial charge on any atom is -0.482 e. The van der Waals surface area contributed by atoms with Crippen LogP contribution in [-0.2, 0) is 19.1 Å². The molecule has 0 aromatic heterocycles. The van der Waals surface area contributed by atoms with Crippen LogP contribution in [0.1, 0.15) is 68.3 Å². The Morgan fingerprint density at radius 1 is 0.980 bits per heavy atom. The van der Waals surface area contributed by atoms with E-state index in [1.807, 2.05) is 74.2 Å². The topological polar surface area (TPSA) is 126 Å². The lowest BCUT2D eigenvalue weighted by Crippen LogP contribution is -2.51. The first-order valence-electron chi connectivity index (χ1n) is 17.2. The third kappa shape index (κ3) is 7.78. The van der Waals surface area contributed by atoms with Gasteiger partial charge in [-0.1, -0.05) is 36.4 Å². The average molecular weight is 684 g/mol. The van der Waals surface area contributed by atoms with Gasteiger partial charge in [-0.15, -0.1) is 0 Å². The Morgan fingerprint density at radius 2 is 1.72 bits per heavy atom. The number of hydrogen-bond donors (Lipinski definition) is 1. The summed E-state index contributed by atoms with van der Waals surface area (Å²) in [6.45, 7) is 6.99. The lowest BCUT2D eigenvalue weighted by molar-refractivity contribution is -0.124. The third-order valence-electron chi connectivity index (χ3n) is 9.38. The van der Waals surface area contributed by atoms with Crippen molar-refractivity contribution in [1.82, 2.24) is 4.90 Å². The predicted molar refractivity (Wildman–Crippen MR) is 189 cm³/mol. The number of hydrogen-bond acceptors (Lipinski definition) is 7. The number of aromatic carboxylic acids is 1. The summed E-state index contributed by atoms with van der Waals surface area (Å²) >= 11 is 0. The molecule has 3 aromatic carbocycles. The summed E-state index contributed by atoms with van der Waals surface area (Å²) in [4.78, 5) is 58.1. The van der Waals surface area contributed by atoms with E-state index in [0.29, 0.717) is 49.7 Å². The minimum atomic E-state index is -1.00. The number of carbonyl (C=O) groups excluding carboxylic acids is 3. The Morgan fingerprint density at radius 3 is 2.42 bits per heavy atom. The van der Waals surface area contributed by atoms with Gasteiger partial charge in [-0.25, -0.2) is 9.59 Å². The minimum absolute atomic E-state index is 0.00894. The number of piperidine rings is 1. The van der Waals surface area contributed by atoms with Crippen molar-refractivity contribution in [2.75, 3.05) is 49.8 Å². The number of carboxylic acids is 1. The molecule has 50 heavy (non-hydrogen) atoms. The van der Waals surface area contributed by atoms with Gasteiger partial charge >= 0.3 is 12.1 Å². The second-order valence-electron chi connectivity index (χ2n) is 14.2. The number of amides is 3. The molecule has 1 aliphatic carbocycles. The highest BCUT2D eigenvalue weighted by molar-refractivity contribution is 6.01. The van der Waals surface area contributed by atoms with Gasteiger partial charge in [-0.2, -0.15) is 0 Å². The van der Waals surface area contributed by atoms with E-state index in [2.05, 4.69) is 0 Å². The molecule has 11 heteroatoms. The van der Waals surface area contributed by atoms with Crippen molar-refractivity contribution in [3.05, 3.63) is 77.9 Å². The van der Waals surface area contributed by atoms with Crippen LogP contribution < -0.4 is 14.5 Å². The average Bonchev–Trinajstić information content (AvgIpc) is 3.94. The molecule has 0 spiro atoms. The van der Waals surface area contributed by atoms with E-state index in [1.54, 1.807) is 35.1 Å². The van der Waals surface area contributed by atoms with Crippen molar-refractivity contribution in [1.29, 1.82) is 0 Å². The number of anilines is 2. The molecule has 6 rings (SSSR count). The van der Waals surface area contributed by atoms with Gasteiger partial charge in [0.2, 0.25) is 5.91 Å². The van der Waals surface area contributed by atoms with Crippen LogP contribution in [0, 0.1) is 5.92 Å². The van der Waals surface area contributed by atoms with Gasteiger partial charge < -0.3 is 34.0 Å². The fourth-order valence-corrected chi connectivity index (χ4v) is 6.86. The van der Waals surface area contributed by atoms with Gasteiger partial charge in [0.25, 0.3) is 5.91 Å². The van der Waals surface area contributed by atoms with E-state index in [1.165, 1.54) is 0 Å². The van der Waals surface area contributed by atoms with E-state index in [-0.39, 0.29) is 42.5 Å². The number of carboxylic acid groups (broad SMARTS) is 1. The summed E-state index contributed by atoms with van der Waals surface area (Å²) in [5.41, 5.74) is 3.36. The molecule has 1 N–H and O–H groups in total. The molecule has 2 aliphatic heterocycles. The lowest BCUT2D eigenvalue weighted by atomic mass is 9.78. The Bertz CT molecular complexity index is 1760. The molecule has 2 atom stereocenters. The molecule has 0 radical (unpaired) electrons. The van der Waals surface area contributed by atoms with Gasteiger partial charge in [0.05, 0.1) is 17.2 Å². The largest absolute Gasteiger partial charge is 0.482 e. The number of ether oxygens (including phenoxy) is 3. The van der Waals surface area contributed by atoms with Crippen LogP contribution >= 0.6 is 0 Å². The van der Waals surface area contributed by atoms with Crippen molar-refractivity contribution in [3.63, 3.8) is 0 Å². The molecule has 0 bridgehead atoms. The van der Waals surface area contributed by atoms with E-state index in [0.717, 1.165) is 29.5 Å². The molecular weight excluding hydrogens is 638 g/mol. The number of benzene rings is 3. The number of fused-ring (bicyclic) bond motifs is 1. The molecule has 2 heterocycles. The third-order valence-corrected chi connectivity index (χ3v) is 9.38. The van der Waals surface area contributed by atoms with Crippen LogP contribution in [0.2, 0.25) is 0 Å². The summed E-state index contributed by atoms with van der Waals surface area (Å²) < 4.78 is 16.7. The van der Waals surface area contributed by atoms with E-state index in [9.17, 15) is 24.3 Å². The standard InChI is InChI=1S/C39H45N3O8/c1-39(2,3)50-38(47)40-18-16-31(27-10-5-8-25(20-27)26-9-6-11-28(21-26)37(45)46)32(23-40)36(44)42(29-12-13-29)30-14-15-34-33(22-30)41(17-7-19-48-4)35(43)24-49-34/h5-6,8-11,14-15,20-22,29,31-32H,7,12-13,16-19,23-24H2,1-4H3,(H,45,46)/t31-,32+/m1/s1. The summed E-state index contributed by atoms with van der Waals surface area (Å²) in [7, 11) is 1.63. The highest BCUT2D eigenvalue weighted by Crippen LogP contribution is 2.43. The smallest absolute Gasteiger partial charge is 0.410 e. The Kier molecular flexibility index (Phi) is 10.2. The van der Waals surface area contributed by atoms with Crippen molar-refractivity contribution in [3.8, 4) is 16.9 Å². The SMILES string of the molecule is COCCCN1C(=O)COc2ccc(N(C(=O)[C@H]3CN(C(=O)OC(C)(C)C)CC[C@@H]3c3cccc(-c4cccc(C(=O)O)c4)c3)C3CC3)cc21. The van der Waals surface area contributed by atoms with E-state index >= 15 is 0 Å². The quantitative estimate of drug-likeness (QED) is 0.245. The Labute approximate surface area is 292 Å². The van der Waals surface area contributed by atoms with Crippen molar-refractivity contribution < 1.29 is 38.5 Å². The van der Waals surface area contributed by atoms with E-state index < -0.39 is 23.6 Å². The zero-order chi connectivity index (χ0) is 35.6. The molecule has 3 amide bonds. The van der Waals surface area contributed by atoms with Gasteiger partial charge in [-0.3, -0.25) is 9.59 Å². The van der Waals surface area contributed by atoms with Crippen LogP contribution in [0.4, 0.5) is 16.2 Å². The first-order valence-corrected chi connectivity index (χ1v) is 17.2. The summed E-state index contributed by atoms with van der Waals surface area (Å²) in [6.07, 6.45) is 2.42. The summed E-state index contributed by atoms with van der Waals surface area (Å²) in [5.74, 6) is -1.48. The van der Waals surface area contributed by atoms with Gasteiger partial charge in [-0.05, 0) is 99.4 Å². The van der Waals surface area contributed by atoms with Crippen molar-refractivity contribution in [2.24, 2.45) is 5.92 Å². The van der Waals surface area contributed by atoms with Crippen LogP contribution in [-0.4, -0.2) is 85.5 Å². The van der Waals surface area contributed by atoms with Crippen LogP contribution in [0.25, 0.3) is 11.1 Å². The second-order valence-corrected chi connectivity index (χ2v) is 14.2. The maximum atomic E-state index is 15.0. The number of nitrogens with zero attached hydrogens (tertiary/aromatic N) is 3. The highest BCUT2D eigenvalue weighted by atomic mass is 16.6. The summed E-state index contributed by atoms with van der Waals surface area (Å²) in [6, 6.07) is 20.2. The summed E-state index contributed by atoms with van der Waals surface area (Å²) in [5, 5.41) is 9.57. The fourth-order valence-electron chi connectivity index (χ4n) is 6.86. The van der Waals surface area contributed by atoms with Crippen molar-refractivity contribution >= 4 is 35.3 Å². The normalized spacial score (nSPS) is 19.0.